The predicted octanol–water partition coefficient (Wildman–Crippen LogP) is 2.16. The van der Waals surface area contributed by atoms with Crippen LogP contribution in [0.15, 0.2) is 48.5 Å². The summed E-state index contributed by atoms with van der Waals surface area (Å²) < 4.78 is 1.61. The number of aliphatic hydroxyl groups excluding tert-OH is 1. The van der Waals surface area contributed by atoms with Crippen LogP contribution in [0.3, 0.4) is 0 Å². The summed E-state index contributed by atoms with van der Waals surface area (Å²) in [6.45, 7) is 2.01. The Morgan fingerprint density at radius 3 is 2.71 bits per heavy atom. The summed E-state index contributed by atoms with van der Waals surface area (Å²) in [6, 6.07) is 14.3. The fourth-order valence-corrected chi connectivity index (χ4v) is 2.32. The molecule has 0 aliphatic heterocycles. The minimum Gasteiger partial charge on any atom is -0.394 e. The summed E-state index contributed by atoms with van der Waals surface area (Å²) in [4.78, 5) is 16.5. The van der Waals surface area contributed by atoms with E-state index in [-0.39, 0.29) is 24.5 Å². The quantitative estimate of drug-likeness (QED) is 0.646. The van der Waals surface area contributed by atoms with Gasteiger partial charge in [0.2, 0.25) is 5.95 Å². The zero-order chi connectivity index (χ0) is 16.9. The molecule has 0 aliphatic carbocycles. The first-order chi connectivity index (χ1) is 11.7. The summed E-state index contributed by atoms with van der Waals surface area (Å²) in [7, 11) is 0. The van der Waals surface area contributed by atoms with Crippen LogP contribution in [0.25, 0.3) is 5.65 Å². The van der Waals surface area contributed by atoms with Crippen LogP contribution in [-0.2, 0) is 0 Å². The van der Waals surface area contributed by atoms with Gasteiger partial charge in [0.05, 0.1) is 12.6 Å². The van der Waals surface area contributed by atoms with Gasteiger partial charge in [-0.2, -0.15) is 9.50 Å². The molecular weight excluding hydrogens is 306 g/mol. The van der Waals surface area contributed by atoms with Crippen molar-refractivity contribution in [1.29, 1.82) is 0 Å². The van der Waals surface area contributed by atoms with Gasteiger partial charge in [0.15, 0.2) is 5.65 Å². The van der Waals surface area contributed by atoms with E-state index in [1.54, 1.807) is 34.8 Å². The van der Waals surface area contributed by atoms with Crippen LogP contribution in [0, 0.1) is 0 Å². The molecular formula is C17H19N5O2. The smallest absolute Gasteiger partial charge is 0.258 e. The number of aliphatic hydroxyl groups is 1. The Morgan fingerprint density at radius 2 is 2.00 bits per heavy atom. The second-order valence-electron chi connectivity index (χ2n) is 5.37. The lowest BCUT2D eigenvalue weighted by Gasteiger charge is -2.15. The zero-order valence-corrected chi connectivity index (χ0v) is 13.3. The van der Waals surface area contributed by atoms with E-state index in [9.17, 15) is 9.90 Å². The Bertz CT molecular complexity index is 827. The molecule has 1 atom stereocenters. The molecule has 3 aromatic rings. The molecule has 0 saturated carbocycles. The Morgan fingerprint density at radius 1 is 1.21 bits per heavy atom. The standard InChI is InChI=1S/C17H19N5O2/c1-2-13(11-23)18-14-9-6-10-15-19-17(21-22(14)15)20-16(24)12-7-4-3-5-8-12/h3-10,13,18,23H,2,11H2,1H3,(H,20,21,24). The van der Waals surface area contributed by atoms with Crippen LogP contribution in [-0.4, -0.2) is 38.3 Å². The average molecular weight is 325 g/mol. The molecule has 0 aliphatic rings. The van der Waals surface area contributed by atoms with Gasteiger partial charge in [0.25, 0.3) is 5.91 Å². The van der Waals surface area contributed by atoms with Crippen LogP contribution >= 0.6 is 0 Å². The number of nitrogens with zero attached hydrogens (tertiary/aromatic N) is 3. The monoisotopic (exact) mass is 325 g/mol. The molecule has 1 unspecified atom stereocenters. The minimum atomic E-state index is -0.261. The molecule has 3 N–H and O–H groups in total. The van der Waals surface area contributed by atoms with E-state index in [0.29, 0.717) is 17.0 Å². The Hall–Kier alpha value is -2.93. The first-order valence-corrected chi connectivity index (χ1v) is 7.81. The van der Waals surface area contributed by atoms with E-state index >= 15 is 0 Å². The van der Waals surface area contributed by atoms with Gasteiger partial charge in [0, 0.05) is 5.56 Å². The summed E-state index contributed by atoms with van der Waals surface area (Å²) in [5, 5.41) is 19.6. The van der Waals surface area contributed by atoms with E-state index in [1.807, 2.05) is 25.1 Å². The van der Waals surface area contributed by atoms with E-state index in [1.165, 1.54) is 0 Å². The summed E-state index contributed by atoms with van der Waals surface area (Å²) in [5.41, 5.74) is 1.15. The van der Waals surface area contributed by atoms with Gasteiger partial charge in [-0.3, -0.25) is 10.1 Å². The van der Waals surface area contributed by atoms with Crippen molar-refractivity contribution in [1.82, 2.24) is 14.6 Å². The zero-order valence-electron chi connectivity index (χ0n) is 13.3. The van der Waals surface area contributed by atoms with Crippen molar-refractivity contribution in [2.75, 3.05) is 17.2 Å². The first-order valence-electron chi connectivity index (χ1n) is 7.81. The van der Waals surface area contributed by atoms with Crippen molar-refractivity contribution in [2.45, 2.75) is 19.4 Å². The molecule has 2 aromatic heterocycles. The molecule has 7 nitrogen and oxygen atoms in total. The van der Waals surface area contributed by atoms with Gasteiger partial charge in [0.1, 0.15) is 5.82 Å². The predicted molar refractivity (Wildman–Crippen MR) is 92.2 cm³/mol. The number of fused-ring (bicyclic) bond motifs is 1. The molecule has 24 heavy (non-hydrogen) atoms. The highest BCUT2D eigenvalue weighted by Crippen LogP contribution is 2.15. The summed E-state index contributed by atoms with van der Waals surface area (Å²) >= 11 is 0. The number of anilines is 2. The maximum Gasteiger partial charge on any atom is 0.258 e. The second kappa shape index (κ2) is 7.10. The number of amides is 1. The Labute approximate surface area is 139 Å². The molecule has 3 rings (SSSR count). The van der Waals surface area contributed by atoms with Gasteiger partial charge < -0.3 is 10.4 Å². The van der Waals surface area contributed by atoms with Crippen LogP contribution in [0.4, 0.5) is 11.8 Å². The van der Waals surface area contributed by atoms with E-state index in [4.69, 9.17) is 0 Å². The fraction of sp³-hybridized carbons (Fsp3) is 0.235. The van der Waals surface area contributed by atoms with Gasteiger partial charge in [-0.1, -0.05) is 31.2 Å². The molecule has 0 spiro atoms. The number of carbonyl (C=O) groups excluding carboxylic acids is 1. The van der Waals surface area contributed by atoms with E-state index in [0.717, 1.165) is 6.42 Å². The van der Waals surface area contributed by atoms with Gasteiger partial charge >= 0.3 is 0 Å². The van der Waals surface area contributed by atoms with Crippen molar-refractivity contribution >= 4 is 23.3 Å². The molecule has 2 heterocycles. The number of nitrogens with one attached hydrogen (secondary N) is 2. The third-order valence-corrected chi connectivity index (χ3v) is 3.69. The van der Waals surface area contributed by atoms with Crippen molar-refractivity contribution in [2.24, 2.45) is 0 Å². The van der Waals surface area contributed by atoms with E-state index < -0.39 is 0 Å². The number of hydrogen-bond acceptors (Lipinski definition) is 5. The van der Waals surface area contributed by atoms with Crippen molar-refractivity contribution in [3.8, 4) is 0 Å². The largest absolute Gasteiger partial charge is 0.394 e. The number of benzene rings is 1. The maximum atomic E-state index is 12.2. The topological polar surface area (TPSA) is 91.5 Å². The van der Waals surface area contributed by atoms with Crippen LogP contribution in [0.5, 0.6) is 0 Å². The molecule has 1 aromatic carbocycles. The molecule has 7 heteroatoms. The summed E-state index contributed by atoms with van der Waals surface area (Å²) in [5.74, 6) is 0.680. The SMILES string of the molecule is CCC(CO)Nc1cccc2nc(NC(=O)c3ccccc3)nn12. The van der Waals surface area contributed by atoms with Gasteiger partial charge in [-0.25, -0.2) is 0 Å². The van der Waals surface area contributed by atoms with Crippen LogP contribution < -0.4 is 10.6 Å². The highest BCUT2D eigenvalue weighted by Gasteiger charge is 2.13. The number of aromatic nitrogens is 3. The van der Waals surface area contributed by atoms with Crippen molar-refractivity contribution < 1.29 is 9.90 Å². The molecule has 1 amide bonds. The van der Waals surface area contributed by atoms with E-state index in [2.05, 4.69) is 20.7 Å². The molecule has 0 radical (unpaired) electrons. The van der Waals surface area contributed by atoms with Gasteiger partial charge in [-0.05, 0) is 30.7 Å². The highest BCUT2D eigenvalue weighted by molar-refractivity contribution is 6.03. The second-order valence-corrected chi connectivity index (χ2v) is 5.37. The highest BCUT2D eigenvalue weighted by atomic mass is 16.3. The first kappa shape index (κ1) is 15.9. The van der Waals surface area contributed by atoms with Gasteiger partial charge in [-0.15, -0.1) is 5.10 Å². The normalized spacial score (nSPS) is 12.1. The maximum absolute atomic E-state index is 12.2. The lowest BCUT2D eigenvalue weighted by atomic mass is 10.2. The number of carbonyl (C=O) groups is 1. The molecule has 0 fully saturated rings. The lowest BCUT2D eigenvalue weighted by Crippen LogP contribution is -2.24. The third kappa shape index (κ3) is 3.36. The minimum absolute atomic E-state index is 0.0270. The van der Waals surface area contributed by atoms with Crippen molar-refractivity contribution in [3.05, 3.63) is 54.1 Å². The number of pyridine rings is 1. The number of rotatable bonds is 6. The lowest BCUT2D eigenvalue weighted by molar-refractivity contribution is 0.102. The molecule has 124 valence electrons. The summed E-state index contributed by atoms with van der Waals surface area (Å²) in [6.07, 6.45) is 0.777. The van der Waals surface area contributed by atoms with Crippen LogP contribution in [0.1, 0.15) is 23.7 Å². The number of hydrogen-bond donors (Lipinski definition) is 3. The average Bonchev–Trinajstić information content (AvgIpc) is 3.03. The molecule has 0 bridgehead atoms. The molecule has 0 saturated heterocycles. The van der Waals surface area contributed by atoms with Crippen molar-refractivity contribution in [3.63, 3.8) is 0 Å². The Kier molecular flexibility index (Phi) is 4.72. The van der Waals surface area contributed by atoms with Crippen LogP contribution in [0.2, 0.25) is 0 Å². The fourth-order valence-electron chi connectivity index (χ4n) is 2.32. The third-order valence-electron chi connectivity index (χ3n) is 3.69. The Balaban J connectivity index is 1.84.